The molecule has 3 nitrogen and oxygen atoms in total. The third kappa shape index (κ3) is 3.48. The van der Waals surface area contributed by atoms with E-state index < -0.39 is 0 Å². The van der Waals surface area contributed by atoms with Crippen molar-refractivity contribution in [2.24, 2.45) is 5.22 Å². The maximum Gasteiger partial charge on any atom is 0.129 e. The van der Waals surface area contributed by atoms with Gasteiger partial charge in [-0.1, -0.05) is 87.4 Å². The minimum Gasteiger partial charge on any atom is -0.267 e. The van der Waals surface area contributed by atoms with Crippen molar-refractivity contribution >= 4 is 5.69 Å². The lowest BCUT2D eigenvalue weighted by molar-refractivity contribution is -0.468. The maximum absolute atomic E-state index is 4.96. The van der Waals surface area contributed by atoms with Crippen molar-refractivity contribution in [3.8, 4) is 0 Å². The summed E-state index contributed by atoms with van der Waals surface area (Å²) in [5, 5.41) is 7.11. The van der Waals surface area contributed by atoms with Crippen molar-refractivity contribution in [1.29, 1.82) is 0 Å². The molecule has 0 N–H and O–H groups in total. The van der Waals surface area contributed by atoms with Crippen LogP contribution in [0.15, 0.2) is 53.8 Å². The average Bonchev–Trinajstić information content (AvgIpc) is 3.07. The van der Waals surface area contributed by atoms with Gasteiger partial charge in [0.05, 0.1) is 5.22 Å². The summed E-state index contributed by atoms with van der Waals surface area (Å²) in [5.74, 6) is 0.868. The number of hydrogen-bond acceptors (Lipinski definition) is 2. The SMILES string of the molecule is CC(C)c1cccc(C(C)C)c1[N+]1=NN(C(C)C)C(c2ccccc2)[C-]1. The number of nitrogens with zero attached hydrogens (tertiary/aromatic N) is 3. The Morgan fingerprint density at radius 2 is 1.42 bits per heavy atom. The lowest BCUT2D eigenvalue weighted by atomic mass is 9.92. The highest BCUT2D eigenvalue weighted by Crippen LogP contribution is 2.41. The third-order valence-corrected chi connectivity index (χ3v) is 4.90. The summed E-state index contributed by atoms with van der Waals surface area (Å²) in [6, 6.07) is 17.5. The van der Waals surface area contributed by atoms with Gasteiger partial charge in [0.1, 0.15) is 12.1 Å². The number of para-hydroxylation sites is 1. The second-order valence-electron chi connectivity index (χ2n) is 7.91. The van der Waals surface area contributed by atoms with Gasteiger partial charge in [-0.25, -0.2) is 0 Å². The summed E-state index contributed by atoms with van der Waals surface area (Å²) in [6.45, 7) is 17.0. The molecular weight excluding hydrogens is 318 g/mol. The number of rotatable bonds is 5. The van der Waals surface area contributed by atoms with E-state index in [1.807, 2.05) is 4.70 Å². The van der Waals surface area contributed by atoms with Crippen molar-refractivity contribution in [1.82, 2.24) is 5.01 Å². The van der Waals surface area contributed by atoms with Gasteiger partial charge in [0, 0.05) is 12.2 Å². The molecule has 0 bridgehead atoms. The topological polar surface area (TPSA) is 18.6 Å². The first-order valence-corrected chi connectivity index (χ1v) is 9.64. The van der Waals surface area contributed by atoms with Crippen LogP contribution in [0, 0.1) is 6.54 Å². The molecule has 1 aliphatic rings. The molecule has 0 amide bonds. The van der Waals surface area contributed by atoms with Crippen LogP contribution in [-0.2, 0) is 0 Å². The fourth-order valence-corrected chi connectivity index (χ4v) is 3.49. The molecule has 26 heavy (non-hydrogen) atoms. The van der Waals surface area contributed by atoms with Gasteiger partial charge >= 0.3 is 0 Å². The van der Waals surface area contributed by atoms with Gasteiger partial charge in [-0.3, -0.25) is 4.70 Å². The Kier molecular flexibility index (Phi) is 5.36. The molecule has 0 fully saturated rings. The Morgan fingerprint density at radius 3 is 1.92 bits per heavy atom. The molecule has 0 saturated heterocycles. The molecule has 2 aromatic carbocycles. The molecule has 0 spiro atoms. The van der Waals surface area contributed by atoms with E-state index in [4.69, 9.17) is 5.22 Å². The van der Waals surface area contributed by atoms with E-state index in [1.54, 1.807) is 0 Å². The van der Waals surface area contributed by atoms with Crippen molar-refractivity contribution in [2.75, 3.05) is 0 Å². The van der Waals surface area contributed by atoms with Gasteiger partial charge in [-0.15, -0.1) is 0 Å². The van der Waals surface area contributed by atoms with E-state index in [0.29, 0.717) is 17.9 Å². The normalized spacial score (nSPS) is 17.2. The number of benzene rings is 2. The van der Waals surface area contributed by atoms with Crippen LogP contribution >= 0.6 is 0 Å². The Labute approximate surface area is 158 Å². The van der Waals surface area contributed by atoms with Gasteiger partial charge in [0.25, 0.3) is 0 Å². The first-order chi connectivity index (χ1) is 12.4. The molecule has 1 heterocycles. The van der Waals surface area contributed by atoms with Crippen LogP contribution in [-0.4, -0.2) is 15.7 Å². The predicted molar refractivity (Wildman–Crippen MR) is 106 cm³/mol. The zero-order chi connectivity index (χ0) is 18.8. The second-order valence-corrected chi connectivity index (χ2v) is 7.91. The van der Waals surface area contributed by atoms with E-state index in [0.717, 1.165) is 0 Å². The van der Waals surface area contributed by atoms with E-state index in [1.165, 1.54) is 22.4 Å². The van der Waals surface area contributed by atoms with Gasteiger partial charge in [-0.2, -0.15) is 5.01 Å². The lowest BCUT2D eigenvalue weighted by Crippen LogP contribution is -2.26. The van der Waals surface area contributed by atoms with E-state index in [2.05, 4.69) is 102 Å². The van der Waals surface area contributed by atoms with Crippen LogP contribution in [0.5, 0.6) is 0 Å². The summed E-state index contributed by atoms with van der Waals surface area (Å²) in [6.07, 6.45) is 0. The van der Waals surface area contributed by atoms with Crippen molar-refractivity contribution < 1.29 is 4.70 Å². The van der Waals surface area contributed by atoms with E-state index in [-0.39, 0.29) is 6.04 Å². The highest BCUT2D eigenvalue weighted by Gasteiger charge is 2.33. The summed E-state index contributed by atoms with van der Waals surface area (Å²) in [7, 11) is 0. The third-order valence-electron chi connectivity index (χ3n) is 4.90. The molecule has 1 radical (unpaired) electrons. The number of hydrogen-bond donors (Lipinski definition) is 0. The molecule has 0 aliphatic carbocycles. The van der Waals surface area contributed by atoms with Crippen molar-refractivity contribution in [2.45, 2.75) is 65.5 Å². The molecule has 3 heteroatoms. The molecule has 0 aromatic heterocycles. The zero-order valence-electron chi connectivity index (χ0n) is 16.8. The van der Waals surface area contributed by atoms with Crippen LogP contribution in [0.2, 0.25) is 0 Å². The van der Waals surface area contributed by atoms with Crippen LogP contribution in [0.1, 0.15) is 76.1 Å². The van der Waals surface area contributed by atoms with Gasteiger partial charge < -0.3 is 0 Å². The quantitative estimate of drug-likeness (QED) is 0.449. The lowest BCUT2D eigenvalue weighted by Gasteiger charge is -2.24. The van der Waals surface area contributed by atoms with Crippen LogP contribution < -0.4 is 0 Å². The average molecular weight is 349 g/mol. The molecule has 1 atom stereocenters. The molecule has 137 valence electrons. The fourth-order valence-electron chi connectivity index (χ4n) is 3.49. The predicted octanol–water partition coefficient (Wildman–Crippen LogP) is 6.45. The largest absolute Gasteiger partial charge is 0.267 e. The summed E-state index contributed by atoms with van der Waals surface area (Å²) in [4.78, 5) is 0. The Bertz CT molecular complexity index is 749. The van der Waals surface area contributed by atoms with Crippen LogP contribution in [0.4, 0.5) is 5.69 Å². The smallest absolute Gasteiger partial charge is 0.129 e. The van der Waals surface area contributed by atoms with Gasteiger partial charge in [-0.05, 0) is 31.2 Å². The van der Waals surface area contributed by atoms with E-state index in [9.17, 15) is 0 Å². The highest BCUT2D eigenvalue weighted by atomic mass is 15.6. The molecule has 0 saturated carbocycles. The summed E-state index contributed by atoms with van der Waals surface area (Å²) in [5.41, 5.74) is 5.07. The molecular formula is C23H30N3. The Morgan fingerprint density at radius 1 is 0.846 bits per heavy atom. The Hall–Kier alpha value is -2.29. The molecule has 3 rings (SSSR count). The molecule has 1 aliphatic heterocycles. The van der Waals surface area contributed by atoms with Crippen LogP contribution in [0.25, 0.3) is 0 Å². The van der Waals surface area contributed by atoms with Crippen molar-refractivity contribution in [3.63, 3.8) is 0 Å². The minimum atomic E-state index is 0.0384. The highest BCUT2D eigenvalue weighted by molar-refractivity contribution is 5.51. The zero-order valence-corrected chi connectivity index (χ0v) is 16.8. The van der Waals surface area contributed by atoms with Crippen molar-refractivity contribution in [3.05, 3.63) is 71.8 Å². The van der Waals surface area contributed by atoms with Crippen LogP contribution in [0.3, 0.4) is 0 Å². The van der Waals surface area contributed by atoms with Gasteiger partial charge in [0.15, 0.2) is 0 Å². The molecule has 1 unspecified atom stereocenters. The minimum absolute atomic E-state index is 0.0384. The summed E-state index contributed by atoms with van der Waals surface area (Å²) < 4.78 is 2.00. The monoisotopic (exact) mass is 348 g/mol. The molecule has 2 aromatic rings. The fraction of sp³-hybridized carbons (Fsp3) is 0.435. The Balaban J connectivity index is 2.09. The maximum atomic E-state index is 4.96. The first-order valence-electron chi connectivity index (χ1n) is 9.64. The standard InChI is InChI=1S/C23H30N3/c1-16(2)20-13-10-14-21(17(3)4)23(20)25-15-22(26(24-25)18(5)6)19-11-8-7-9-12-19/h7-14,16-18,22H,1-6H3. The first kappa shape index (κ1) is 18.5. The summed E-state index contributed by atoms with van der Waals surface area (Å²) >= 11 is 0. The van der Waals surface area contributed by atoms with E-state index >= 15 is 0 Å². The van der Waals surface area contributed by atoms with Gasteiger partial charge in [0.2, 0.25) is 0 Å². The second kappa shape index (κ2) is 7.53.